The van der Waals surface area contributed by atoms with Gasteiger partial charge >= 0.3 is 0 Å². The van der Waals surface area contributed by atoms with Gasteiger partial charge in [-0.15, -0.1) is 0 Å². The molecule has 0 unspecified atom stereocenters. The van der Waals surface area contributed by atoms with Crippen LogP contribution in [0.15, 0.2) is 57.9 Å². The number of rotatable bonds is 7. The van der Waals surface area contributed by atoms with Crippen LogP contribution in [0.5, 0.6) is 0 Å². The number of likely N-dealkylation sites (tertiary alicyclic amines) is 1. The van der Waals surface area contributed by atoms with Crippen LogP contribution in [0.3, 0.4) is 0 Å². The Morgan fingerprint density at radius 1 is 1.19 bits per heavy atom. The van der Waals surface area contributed by atoms with Gasteiger partial charge < -0.3 is 9.42 Å². The number of fused-ring (bicyclic) bond motifs is 1. The van der Waals surface area contributed by atoms with Crippen molar-refractivity contribution in [2.45, 2.75) is 23.8 Å². The summed E-state index contributed by atoms with van der Waals surface area (Å²) < 4.78 is 45.6. The quantitative estimate of drug-likeness (QED) is 0.672. The van der Waals surface area contributed by atoms with Gasteiger partial charge in [-0.1, -0.05) is 23.4 Å². The molecule has 27 heavy (non-hydrogen) atoms. The van der Waals surface area contributed by atoms with Gasteiger partial charge in [-0.2, -0.15) is 0 Å². The van der Waals surface area contributed by atoms with Crippen LogP contribution >= 0.6 is 0 Å². The Labute approximate surface area is 157 Å². The van der Waals surface area contributed by atoms with E-state index in [4.69, 9.17) is 4.52 Å². The van der Waals surface area contributed by atoms with E-state index in [1.54, 1.807) is 36.4 Å². The van der Waals surface area contributed by atoms with Gasteiger partial charge in [0, 0.05) is 30.6 Å². The molecule has 8 heteroatoms. The fourth-order valence-electron chi connectivity index (χ4n) is 3.33. The van der Waals surface area contributed by atoms with Crippen LogP contribution < -0.4 is 4.72 Å². The molecular weight excluding hydrogens is 369 g/mol. The molecule has 6 nitrogen and oxygen atoms in total. The molecule has 0 atom stereocenters. The van der Waals surface area contributed by atoms with Crippen LogP contribution in [0.4, 0.5) is 4.39 Å². The predicted molar refractivity (Wildman–Crippen MR) is 99.3 cm³/mol. The van der Waals surface area contributed by atoms with Crippen LogP contribution in [-0.4, -0.2) is 44.2 Å². The molecule has 1 aromatic heterocycles. The number of aromatic nitrogens is 1. The zero-order chi connectivity index (χ0) is 18.9. The summed E-state index contributed by atoms with van der Waals surface area (Å²) in [5.41, 5.74) is 1.29. The van der Waals surface area contributed by atoms with Gasteiger partial charge in [0.15, 0.2) is 5.58 Å². The molecule has 4 rings (SSSR count). The van der Waals surface area contributed by atoms with Gasteiger partial charge in [-0.25, -0.2) is 17.5 Å². The normalized spacial score (nSPS) is 15.9. The fourth-order valence-corrected chi connectivity index (χ4v) is 4.57. The molecule has 2 heterocycles. The van der Waals surface area contributed by atoms with Gasteiger partial charge in [0.25, 0.3) is 0 Å². The van der Waals surface area contributed by atoms with Gasteiger partial charge in [0.2, 0.25) is 10.0 Å². The SMILES string of the molecule is O=S(=O)(NC1CN(CCCc2noc3cc(F)ccc23)C1)c1ccccc1. The van der Waals surface area contributed by atoms with E-state index in [1.807, 2.05) is 0 Å². The van der Waals surface area contributed by atoms with Crippen molar-refractivity contribution < 1.29 is 17.3 Å². The van der Waals surface area contributed by atoms with Crippen molar-refractivity contribution in [1.29, 1.82) is 0 Å². The summed E-state index contributed by atoms with van der Waals surface area (Å²) in [6, 6.07) is 12.8. The summed E-state index contributed by atoms with van der Waals surface area (Å²) >= 11 is 0. The molecule has 142 valence electrons. The number of nitrogens with zero attached hydrogens (tertiary/aromatic N) is 2. The standard InChI is InChI=1S/C19H20FN3O3S/c20-14-8-9-17-18(21-26-19(17)11-14)7-4-10-23-12-15(13-23)22-27(24,25)16-5-2-1-3-6-16/h1-3,5-6,8-9,11,15,22H,4,7,10,12-13H2. The maximum atomic E-state index is 13.2. The van der Waals surface area contributed by atoms with Gasteiger partial charge in [0.1, 0.15) is 5.82 Å². The van der Waals surface area contributed by atoms with Crippen molar-refractivity contribution in [2.24, 2.45) is 0 Å². The van der Waals surface area contributed by atoms with E-state index >= 15 is 0 Å². The van der Waals surface area contributed by atoms with E-state index in [9.17, 15) is 12.8 Å². The Kier molecular flexibility index (Phi) is 4.94. The lowest BCUT2D eigenvalue weighted by molar-refractivity contribution is 0.139. The third-order valence-electron chi connectivity index (χ3n) is 4.73. The van der Waals surface area contributed by atoms with E-state index in [-0.39, 0.29) is 16.8 Å². The van der Waals surface area contributed by atoms with Crippen molar-refractivity contribution >= 4 is 21.0 Å². The minimum atomic E-state index is -3.46. The highest BCUT2D eigenvalue weighted by Crippen LogP contribution is 2.21. The Morgan fingerprint density at radius 2 is 1.96 bits per heavy atom. The second kappa shape index (κ2) is 7.38. The van der Waals surface area contributed by atoms with Gasteiger partial charge in [0.05, 0.1) is 10.6 Å². The molecule has 1 aliphatic rings. The molecule has 0 aliphatic carbocycles. The Morgan fingerprint density at radius 3 is 2.74 bits per heavy atom. The molecule has 0 amide bonds. The molecule has 0 saturated carbocycles. The first-order valence-electron chi connectivity index (χ1n) is 8.85. The summed E-state index contributed by atoms with van der Waals surface area (Å²) in [6.07, 6.45) is 1.60. The van der Waals surface area contributed by atoms with Crippen molar-refractivity contribution in [1.82, 2.24) is 14.8 Å². The largest absolute Gasteiger partial charge is 0.356 e. The summed E-state index contributed by atoms with van der Waals surface area (Å²) in [5, 5.41) is 4.86. The highest BCUT2D eigenvalue weighted by molar-refractivity contribution is 7.89. The van der Waals surface area contributed by atoms with E-state index in [0.717, 1.165) is 30.5 Å². The smallest absolute Gasteiger partial charge is 0.240 e. The molecule has 2 aromatic carbocycles. The first-order chi connectivity index (χ1) is 13.0. The van der Waals surface area contributed by atoms with E-state index in [1.165, 1.54) is 12.1 Å². The van der Waals surface area contributed by atoms with Crippen LogP contribution in [0.1, 0.15) is 12.1 Å². The van der Waals surface area contributed by atoms with Crippen LogP contribution in [0.2, 0.25) is 0 Å². The fraction of sp³-hybridized carbons (Fsp3) is 0.316. The van der Waals surface area contributed by atoms with Gasteiger partial charge in [-0.05, 0) is 43.7 Å². The van der Waals surface area contributed by atoms with E-state index < -0.39 is 10.0 Å². The van der Waals surface area contributed by atoms with Crippen molar-refractivity contribution in [2.75, 3.05) is 19.6 Å². The third-order valence-corrected chi connectivity index (χ3v) is 6.27. The molecule has 0 radical (unpaired) electrons. The Balaban J connectivity index is 1.24. The first kappa shape index (κ1) is 18.1. The summed E-state index contributed by atoms with van der Waals surface area (Å²) in [6.45, 7) is 2.23. The molecule has 3 aromatic rings. The Hall–Kier alpha value is -2.29. The van der Waals surface area contributed by atoms with Crippen molar-refractivity contribution in [3.8, 4) is 0 Å². The highest BCUT2D eigenvalue weighted by Gasteiger charge is 2.30. The minimum absolute atomic E-state index is 0.0638. The molecule has 0 spiro atoms. The first-order valence-corrected chi connectivity index (χ1v) is 10.3. The molecule has 1 saturated heterocycles. The van der Waals surface area contributed by atoms with Crippen molar-refractivity contribution in [3.63, 3.8) is 0 Å². The monoisotopic (exact) mass is 389 g/mol. The maximum Gasteiger partial charge on any atom is 0.240 e. The summed E-state index contributed by atoms with van der Waals surface area (Å²) in [5.74, 6) is -0.338. The summed E-state index contributed by atoms with van der Waals surface area (Å²) in [7, 11) is -3.46. The number of hydrogen-bond acceptors (Lipinski definition) is 5. The average molecular weight is 389 g/mol. The lowest BCUT2D eigenvalue weighted by Crippen LogP contribution is -2.59. The number of nitrogens with one attached hydrogen (secondary N) is 1. The molecular formula is C19H20FN3O3S. The Bertz CT molecular complexity index is 1030. The number of aryl methyl sites for hydroxylation is 1. The number of halogens is 1. The zero-order valence-electron chi connectivity index (χ0n) is 14.6. The van der Waals surface area contributed by atoms with Crippen molar-refractivity contribution in [3.05, 3.63) is 60.0 Å². The molecule has 1 aliphatic heterocycles. The van der Waals surface area contributed by atoms with Gasteiger partial charge in [-0.3, -0.25) is 0 Å². The average Bonchev–Trinajstić information content (AvgIpc) is 3.02. The topological polar surface area (TPSA) is 75.4 Å². The summed E-state index contributed by atoms with van der Waals surface area (Å²) in [4.78, 5) is 2.48. The lowest BCUT2D eigenvalue weighted by Gasteiger charge is -2.39. The second-order valence-corrected chi connectivity index (χ2v) is 8.48. The second-order valence-electron chi connectivity index (χ2n) is 6.76. The number of benzene rings is 2. The molecule has 0 bridgehead atoms. The lowest BCUT2D eigenvalue weighted by atomic mass is 10.1. The third kappa shape index (κ3) is 4.02. The van der Waals surface area contributed by atoms with E-state index in [0.29, 0.717) is 18.7 Å². The highest BCUT2D eigenvalue weighted by atomic mass is 32.2. The minimum Gasteiger partial charge on any atom is -0.356 e. The maximum absolute atomic E-state index is 13.2. The van der Waals surface area contributed by atoms with E-state index in [2.05, 4.69) is 14.8 Å². The number of hydrogen-bond donors (Lipinski definition) is 1. The zero-order valence-corrected chi connectivity index (χ0v) is 15.5. The van der Waals surface area contributed by atoms with Crippen LogP contribution in [0, 0.1) is 5.82 Å². The predicted octanol–water partition coefficient (Wildman–Crippen LogP) is 2.56. The van der Waals surface area contributed by atoms with Crippen LogP contribution in [0.25, 0.3) is 11.0 Å². The van der Waals surface area contributed by atoms with Crippen LogP contribution in [-0.2, 0) is 16.4 Å². The molecule has 1 fully saturated rings. The molecule has 1 N–H and O–H groups in total. The number of sulfonamides is 1.